The molecule has 2 rings (SSSR count). The Morgan fingerprint density at radius 2 is 1.52 bits per heavy atom. The van der Waals surface area contributed by atoms with Gasteiger partial charge in [0.15, 0.2) is 11.5 Å². The highest BCUT2D eigenvalue weighted by atomic mass is 16.6. The molecular weight excluding hydrogens is 374 g/mol. The molecule has 2 aromatic rings. The van der Waals surface area contributed by atoms with Crippen LogP contribution in [0.1, 0.15) is 26.3 Å². The number of nitrogens with one attached hydrogen (secondary N) is 2. The molecule has 29 heavy (non-hydrogen) atoms. The van der Waals surface area contributed by atoms with Gasteiger partial charge in [-0.3, -0.25) is 9.59 Å². The van der Waals surface area contributed by atoms with Crippen molar-refractivity contribution in [3.05, 3.63) is 48.0 Å². The maximum atomic E-state index is 12.3. The number of benzene rings is 2. The van der Waals surface area contributed by atoms with Gasteiger partial charge in [-0.2, -0.15) is 0 Å². The van der Waals surface area contributed by atoms with Crippen molar-refractivity contribution in [1.29, 1.82) is 0 Å². The molecule has 2 amide bonds. The molecule has 0 saturated carbocycles. The Kier molecular flexibility index (Phi) is 7.59. The van der Waals surface area contributed by atoms with E-state index in [1.807, 2.05) is 12.1 Å². The first-order valence-electron chi connectivity index (χ1n) is 8.95. The van der Waals surface area contributed by atoms with E-state index >= 15 is 0 Å². The van der Waals surface area contributed by atoms with Crippen molar-refractivity contribution in [2.75, 3.05) is 24.9 Å². The fourth-order valence-electron chi connectivity index (χ4n) is 2.41. The van der Waals surface area contributed by atoms with Gasteiger partial charge in [-0.05, 0) is 43.7 Å². The van der Waals surface area contributed by atoms with Gasteiger partial charge in [-0.1, -0.05) is 17.3 Å². The summed E-state index contributed by atoms with van der Waals surface area (Å²) in [6, 6.07) is 12.2. The van der Waals surface area contributed by atoms with Crippen LogP contribution < -0.4 is 20.1 Å². The number of ether oxygens (including phenoxy) is 2. The maximum Gasteiger partial charge on any atom is 0.267 e. The molecule has 154 valence electrons. The predicted molar refractivity (Wildman–Crippen MR) is 112 cm³/mol. The Hall–Kier alpha value is -3.55. The average Bonchev–Trinajstić information content (AvgIpc) is 2.71. The lowest BCUT2D eigenvalue weighted by atomic mass is 10.1. The molecule has 0 spiro atoms. The molecule has 0 aromatic heterocycles. The van der Waals surface area contributed by atoms with Gasteiger partial charge >= 0.3 is 0 Å². The number of nitrogens with zero attached hydrogens (tertiary/aromatic N) is 1. The summed E-state index contributed by atoms with van der Waals surface area (Å²) in [4.78, 5) is 28.8. The number of oxime groups is 1. The largest absolute Gasteiger partial charge is 0.493 e. The van der Waals surface area contributed by atoms with Crippen LogP contribution in [0.5, 0.6) is 11.5 Å². The Labute approximate surface area is 169 Å². The number of anilines is 2. The molecule has 0 heterocycles. The molecule has 0 aliphatic rings. The fourth-order valence-corrected chi connectivity index (χ4v) is 2.41. The quantitative estimate of drug-likeness (QED) is 0.523. The highest BCUT2D eigenvalue weighted by molar-refractivity contribution is 5.99. The molecule has 1 atom stereocenters. The van der Waals surface area contributed by atoms with Crippen LogP contribution in [-0.2, 0) is 14.4 Å². The lowest BCUT2D eigenvalue weighted by molar-refractivity contribution is -0.126. The van der Waals surface area contributed by atoms with Gasteiger partial charge in [0.1, 0.15) is 0 Å². The molecular formula is C21H25N3O5. The summed E-state index contributed by atoms with van der Waals surface area (Å²) in [5.41, 5.74) is 2.66. The van der Waals surface area contributed by atoms with E-state index in [1.165, 1.54) is 14.0 Å². The van der Waals surface area contributed by atoms with Gasteiger partial charge in [-0.15, -0.1) is 0 Å². The van der Waals surface area contributed by atoms with Crippen LogP contribution in [0.3, 0.4) is 0 Å². The van der Waals surface area contributed by atoms with E-state index in [2.05, 4.69) is 15.8 Å². The van der Waals surface area contributed by atoms with E-state index < -0.39 is 6.10 Å². The summed E-state index contributed by atoms with van der Waals surface area (Å²) in [6.45, 7) is 4.82. The van der Waals surface area contributed by atoms with E-state index in [0.29, 0.717) is 28.6 Å². The van der Waals surface area contributed by atoms with Gasteiger partial charge < -0.3 is 24.9 Å². The van der Waals surface area contributed by atoms with Crippen LogP contribution in [0.2, 0.25) is 0 Å². The van der Waals surface area contributed by atoms with Crippen molar-refractivity contribution >= 4 is 28.9 Å². The third-order valence-corrected chi connectivity index (χ3v) is 3.99. The third-order valence-electron chi connectivity index (χ3n) is 3.99. The molecule has 8 nitrogen and oxygen atoms in total. The molecule has 1 unspecified atom stereocenters. The van der Waals surface area contributed by atoms with Gasteiger partial charge in [0.05, 0.1) is 19.9 Å². The standard InChI is InChI=1S/C21H25N3O5/c1-13(16-6-8-17(9-7-16)22-15(3)25)24-29-14(2)21(26)23-18-10-11-19(27-4)20(12-18)28-5/h6-12,14H,1-5H3,(H,22,25)(H,23,26)/b24-13+. The summed E-state index contributed by atoms with van der Waals surface area (Å²) >= 11 is 0. The number of hydrogen-bond acceptors (Lipinski definition) is 6. The normalized spacial score (nSPS) is 12.0. The summed E-state index contributed by atoms with van der Waals surface area (Å²) in [5, 5.41) is 9.48. The number of carbonyl (C=O) groups excluding carboxylic acids is 2. The molecule has 0 saturated heterocycles. The molecule has 2 N–H and O–H groups in total. The summed E-state index contributed by atoms with van der Waals surface area (Å²) < 4.78 is 10.4. The minimum atomic E-state index is -0.809. The number of rotatable bonds is 8. The van der Waals surface area contributed by atoms with Crippen molar-refractivity contribution in [1.82, 2.24) is 0 Å². The first kappa shape index (κ1) is 21.7. The molecule has 8 heteroatoms. The van der Waals surface area contributed by atoms with Crippen LogP contribution in [-0.4, -0.2) is 37.8 Å². The minimum absolute atomic E-state index is 0.138. The Bertz CT molecular complexity index is 894. The van der Waals surface area contributed by atoms with E-state index in [-0.39, 0.29) is 11.8 Å². The van der Waals surface area contributed by atoms with Crippen LogP contribution in [0.15, 0.2) is 47.6 Å². The number of methoxy groups -OCH3 is 2. The number of amides is 2. The third kappa shape index (κ3) is 6.24. The second-order valence-electron chi connectivity index (χ2n) is 6.24. The van der Waals surface area contributed by atoms with Crippen molar-refractivity contribution in [2.24, 2.45) is 5.16 Å². The van der Waals surface area contributed by atoms with Crippen molar-refractivity contribution in [3.8, 4) is 11.5 Å². The zero-order chi connectivity index (χ0) is 21.4. The monoisotopic (exact) mass is 399 g/mol. The zero-order valence-corrected chi connectivity index (χ0v) is 17.1. The van der Waals surface area contributed by atoms with Gasteiger partial charge in [0.25, 0.3) is 5.91 Å². The first-order valence-corrected chi connectivity index (χ1v) is 8.95. The number of hydrogen-bond donors (Lipinski definition) is 2. The van der Waals surface area contributed by atoms with Crippen molar-refractivity contribution < 1.29 is 23.9 Å². The van der Waals surface area contributed by atoms with E-state index in [0.717, 1.165) is 5.56 Å². The molecule has 0 fully saturated rings. The minimum Gasteiger partial charge on any atom is -0.493 e. The Balaban J connectivity index is 1.97. The average molecular weight is 399 g/mol. The molecule has 0 aliphatic carbocycles. The number of carbonyl (C=O) groups is 2. The second kappa shape index (κ2) is 10.1. The highest BCUT2D eigenvalue weighted by Gasteiger charge is 2.16. The molecule has 0 radical (unpaired) electrons. The van der Waals surface area contributed by atoms with Crippen molar-refractivity contribution in [2.45, 2.75) is 26.9 Å². The highest BCUT2D eigenvalue weighted by Crippen LogP contribution is 2.29. The SMILES string of the molecule is COc1ccc(NC(=O)C(C)O/N=C(\C)c2ccc(NC(C)=O)cc2)cc1OC. The van der Waals surface area contributed by atoms with E-state index in [9.17, 15) is 9.59 Å². The van der Waals surface area contributed by atoms with Gasteiger partial charge in [0.2, 0.25) is 12.0 Å². The molecule has 0 bridgehead atoms. The van der Waals surface area contributed by atoms with Crippen LogP contribution in [0.25, 0.3) is 0 Å². The second-order valence-corrected chi connectivity index (χ2v) is 6.24. The first-order chi connectivity index (χ1) is 13.8. The smallest absolute Gasteiger partial charge is 0.267 e. The lowest BCUT2D eigenvalue weighted by Gasteiger charge is -2.13. The molecule has 2 aromatic carbocycles. The predicted octanol–water partition coefficient (Wildman–Crippen LogP) is 3.43. The Morgan fingerprint density at radius 3 is 2.10 bits per heavy atom. The van der Waals surface area contributed by atoms with Gasteiger partial charge in [-0.25, -0.2) is 0 Å². The fraction of sp³-hybridized carbons (Fsp3) is 0.286. The summed E-state index contributed by atoms with van der Waals surface area (Å²) in [6.07, 6.45) is -0.809. The van der Waals surface area contributed by atoms with Crippen LogP contribution in [0, 0.1) is 0 Å². The van der Waals surface area contributed by atoms with Gasteiger partial charge in [0, 0.05) is 24.4 Å². The molecule has 0 aliphatic heterocycles. The van der Waals surface area contributed by atoms with Crippen LogP contribution in [0.4, 0.5) is 11.4 Å². The summed E-state index contributed by atoms with van der Waals surface area (Å²) in [7, 11) is 3.06. The van der Waals surface area contributed by atoms with E-state index in [1.54, 1.807) is 51.3 Å². The Morgan fingerprint density at radius 1 is 0.897 bits per heavy atom. The topological polar surface area (TPSA) is 98.3 Å². The summed E-state index contributed by atoms with van der Waals surface area (Å²) in [5.74, 6) is 0.588. The van der Waals surface area contributed by atoms with Crippen LogP contribution >= 0.6 is 0 Å². The lowest BCUT2D eigenvalue weighted by Crippen LogP contribution is -2.26. The van der Waals surface area contributed by atoms with E-state index in [4.69, 9.17) is 14.3 Å². The maximum absolute atomic E-state index is 12.3. The van der Waals surface area contributed by atoms with Crippen molar-refractivity contribution in [3.63, 3.8) is 0 Å². The zero-order valence-electron chi connectivity index (χ0n) is 17.1.